The molecule has 0 unspecified atom stereocenters. The molecule has 0 aromatic rings. The van der Waals surface area contributed by atoms with E-state index >= 15 is 0 Å². The van der Waals surface area contributed by atoms with E-state index in [0.717, 1.165) is 12.8 Å². The van der Waals surface area contributed by atoms with E-state index in [1.807, 2.05) is 19.1 Å². The summed E-state index contributed by atoms with van der Waals surface area (Å²) >= 11 is 0. The SMILES string of the molecule is CN(C)N[C@@H]1CCCC[C@H]1O. The van der Waals surface area contributed by atoms with E-state index in [1.54, 1.807) is 0 Å². The predicted octanol–water partition coefficient (Wildman–Crippen LogP) is 0.356. The molecule has 1 aliphatic carbocycles. The Labute approximate surface area is 68.4 Å². The normalized spacial score (nSPS) is 32.7. The van der Waals surface area contributed by atoms with Crippen molar-refractivity contribution in [2.75, 3.05) is 14.1 Å². The first kappa shape index (κ1) is 8.97. The van der Waals surface area contributed by atoms with Gasteiger partial charge in [-0.1, -0.05) is 12.8 Å². The third-order valence-electron chi connectivity index (χ3n) is 2.15. The van der Waals surface area contributed by atoms with Crippen LogP contribution in [-0.2, 0) is 0 Å². The third-order valence-corrected chi connectivity index (χ3v) is 2.15. The van der Waals surface area contributed by atoms with Gasteiger partial charge in [0, 0.05) is 20.1 Å². The number of hydrogen-bond donors (Lipinski definition) is 2. The van der Waals surface area contributed by atoms with Crippen molar-refractivity contribution in [1.29, 1.82) is 0 Å². The molecule has 0 saturated heterocycles. The molecule has 3 nitrogen and oxygen atoms in total. The van der Waals surface area contributed by atoms with E-state index in [2.05, 4.69) is 5.43 Å². The molecule has 66 valence electrons. The quantitative estimate of drug-likeness (QED) is 0.569. The Morgan fingerprint density at radius 1 is 1.27 bits per heavy atom. The molecular weight excluding hydrogens is 140 g/mol. The van der Waals surface area contributed by atoms with Crippen LogP contribution in [0.3, 0.4) is 0 Å². The zero-order chi connectivity index (χ0) is 8.27. The van der Waals surface area contributed by atoms with Gasteiger partial charge in [-0.05, 0) is 12.8 Å². The molecule has 11 heavy (non-hydrogen) atoms. The highest BCUT2D eigenvalue weighted by molar-refractivity contribution is 4.78. The minimum absolute atomic E-state index is 0.147. The van der Waals surface area contributed by atoms with Gasteiger partial charge >= 0.3 is 0 Å². The lowest BCUT2D eigenvalue weighted by molar-refractivity contribution is 0.0568. The number of rotatable bonds is 2. The monoisotopic (exact) mass is 158 g/mol. The first-order valence-corrected chi connectivity index (χ1v) is 4.31. The Balaban J connectivity index is 2.29. The van der Waals surface area contributed by atoms with Gasteiger partial charge in [0.2, 0.25) is 0 Å². The molecule has 0 aromatic heterocycles. The predicted molar refractivity (Wildman–Crippen MR) is 45.1 cm³/mol. The molecule has 0 aromatic carbocycles. The van der Waals surface area contributed by atoms with Crippen LogP contribution in [0.4, 0.5) is 0 Å². The fraction of sp³-hybridized carbons (Fsp3) is 1.00. The Morgan fingerprint density at radius 2 is 1.91 bits per heavy atom. The lowest BCUT2D eigenvalue weighted by Crippen LogP contribution is -2.48. The number of nitrogens with one attached hydrogen (secondary N) is 1. The third kappa shape index (κ3) is 2.77. The molecule has 1 saturated carbocycles. The van der Waals surface area contributed by atoms with Gasteiger partial charge in [0.25, 0.3) is 0 Å². The topological polar surface area (TPSA) is 35.5 Å². The van der Waals surface area contributed by atoms with Crippen LogP contribution in [0, 0.1) is 0 Å². The van der Waals surface area contributed by atoms with Crippen LogP contribution in [0.1, 0.15) is 25.7 Å². The minimum atomic E-state index is -0.147. The maximum absolute atomic E-state index is 9.53. The minimum Gasteiger partial charge on any atom is -0.391 e. The molecule has 0 spiro atoms. The van der Waals surface area contributed by atoms with Crippen LogP contribution in [-0.4, -0.2) is 36.4 Å². The van der Waals surface area contributed by atoms with E-state index in [4.69, 9.17) is 0 Å². The summed E-state index contributed by atoms with van der Waals surface area (Å²) in [4.78, 5) is 0. The Kier molecular flexibility index (Phi) is 3.30. The number of nitrogens with zero attached hydrogens (tertiary/aromatic N) is 1. The van der Waals surface area contributed by atoms with Gasteiger partial charge < -0.3 is 5.11 Å². The van der Waals surface area contributed by atoms with Gasteiger partial charge in [0.05, 0.1) is 6.10 Å². The van der Waals surface area contributed by atoms with Gasteiger partial charge in [0.1, 0.15) is 0 Å². The van der Waals surface area contributed by atoms with Crippen molar-refractivity contribution >= 4 is 0 Å². The van der Waals surface area contributed by atoms with E-state index in [0.29, 0.717) is 0 Å². The molecule has 2 N–H and O–H groups in total. The van der Waals surface area contributed by atoms with Crippen molar-refractivity contribution in [3.05, 3.63) is 0 Å². The van der Waals surface area contributed by atoms with Crippen molar-refractivity contribution in [2.45, 2.75) is 37.8 Å². The molecule has 1 aliphatic rings. The number of aliphatic hydroxyl groups excluding tert-OH is 1. The molecule has 0 heterocycles. The fourth-order valence-electron chi connectivity index (χ4n) is 1.59. The van der Waals surface area contributed by atoms with Crippen LogP contribution in [0.5, 0.6) is 0 Å². The Bertz CT molecular complexity index is 117. The zero-order valence-electron chi connectivity index (χ0n) is 7.38. The number of hydrazine groups is 1. The largest absolute Gasteiger partial charge is 0.391 e. The summed E-state index contributed by atoms with van der Waals surface area (Å²) < 4.78 is 0. The summed E-state index contributed by atoms with van der Waals surface area (Å²) in [6.07, 6.45) is 4.31. The fourth-order valence-corrected chi connectivity index (χ4v) is 1.59. The average Bonchev–Trinajstić information content (AvgIpc) is 1.93. The molecule has 1 fully saturated rings. The second kappa shape index (κ2) is 4.04. The maximum atomic E-state index is 9.53. The van der Waals surface area contributed by atoms with Crippen LogP contribution >= 0.6 is 0 Å². The van der Waals surface area contributed by atoms with Gasteiger partial charge in [-0.15, -0.1) is 0 Å². The van der Waals surface area contributed by atoms with Crippen molar-refractivity contribution in [3.63, 3.8) is 0 Å². The summed E-state index contributed by atoms with van der Waals surface area (Å²) in [5.74, 6) is 0. The molecule has 3 heteroatoms. The first-order valence-electron chi connectivity index (χ1n) is 4.31. The van der Waals surface area contributed by atoms with Gasteiger partial charge in [0.15, 0.2) is 0 Å². The van der Waals surface area contributed by atoms with Crippen molar-refractivity contribution in [3.8, 4) is 0 Å². The van der Waals surface area contributed by atoms with E-state index < -0.39 is 0 Å². The average molecular weight is 158 g/mol. The highest BCUT2D eigenvalue weighted by atomic mass is 16.3. The molecule has 0 bridgehead atoms. The molecule has 1 rings (SSSR count). The molecule has 0 radical (unpaired) electrons. The zero-order valence-corrected chi connectivity index (χ0v) is 7.38. The van der Waals surface area contributed by atoms with Crippen molar-refractivity contribution in [2.24, 2.45) is 0 Å². The number of hydrogen-bond acceptors (Lipinski definition) is 3. The van der Waals surface area contributed by atoms with Gasteiger partial charge in [-0.25, -0.2) is 0 Å². The summed E-state index contributed by atoms with van der Waals surface area (Å²) in [5, 5.41) is 11.4. The van der Waals surface area contributed by atoms with Crippen molar-refractivity contribution in [1.82, 2.24) is 10.4 Å². The van der Waals surface area contributed by atoms with Gasteiger partial charge in [-0.3, -0.25) is 10.4 Å². The summed E-state index contributed by atoms with van der Waals surface area (Å²) in [5.41, 5.74) is 3.21. The highest BCUT2D eigenvalue weighted by Gasteiger charge is 2.22. The van der Waals surface area contributed by atoms with Crippen LogP contribution in [0.2, 0.25) is 0 Å². The van der Waals surface area contributed by atoms with Crippen LogP contribution in [0.15, 0.2) is 0 Å². The molecule has 0 amide bonds. The smallest absolute Gasteiger partial charge is 0.0706 e. The van der Waals surface area contributed by atoms with E-state index in [9.17, 15) is 5.11 Å². The standard InChI is InChI=1S/C8H18N2O/c1-10(2)9-7-5-3-4-6-8(7)11/h7-9,11H,3-6H2,1-2H3/t7-,8-/m1/s1. The first-order chi connectivity index (χ1) is 5.20. The molecule has 2 atom stereocenters. The summed E-state index contributed by atoms with van der Waals surface area (Å²) in [6, 6.07) is 0.277. The van der Waals surface area contributed by atoms with Crippen molar-refractivity contribution < 1.29 is 5.11 Å². The molecular formula is C8H18N2O. The Hall–Kier alpha value is -0.120. The van der Waals surface area contributed by atoms with Crippen LogP contribution in [0.25, 0.3) is 0 Å². The number of aliphatic hydroxyl groups is 1. The highest BCUT2D eigenvalue weighted by Crippen LogP contribution is 2.18. The lowest BCUT2D eigenvalue weighted by Gasteiger charge is -2.30. The second-order valence-electron chi connectivity index (χ2n) is 3.48. The maximum Gasteiger partial charge on any atom is 0.0706 e. The summed E-state index contributed by atoms with van der Waals surface area (Å²) in [6.45, 7) is 0. The van der Waals surface area contributed by atoms with E-state index in [-0.39, 0.29) is 12.1 Å². The van der Waals surface area contributed by atoms with Crippen LogP contribution < -0.4 is 5.43 Å². The molecule has 0 aliphatic heterocycles. The summed E-state index contributed by atoms with van der Waals surface area (Å²) in [7, 11) is 3.92. The lowest BCUT2D eigenvalue weighted by atomic mass is 9.93. The van der Waals surface area contributed by atoms with Gasteiger partial charge in [-0.2, -0.15) is 0 Å². The van der Waals surface area contributed by atoms with E-state index in [1.165, 1.54) is 12.8 Å². The Morgan fingerprint density at radius 3 is 2.45 bits per heavy atom. The second-order valence-corrected chi connectivity index (χ2v) is 3.48.